The Morgan fingerprint density at radius 3 is 3.00 bits per heavy atom. The fraction of sp³-hybridized carbons (Fsp3) is 0.611. The van der Waals surface area contributed by atoms with Gasteiger partial charge in [-0.15, -0.1) is 0 Å². The predicted molar refractivity (Wildman–Crippen MR) is 92.2 cm³/mol. The number of pyridine rings is 1. The lowest BCUT2D eigenvalue weighted by molar-refractivity contribution is 0.196. The zero-order chi connectivity index (χ0) is 17.2. The van der Waals surface area contributed by atoms with Crippen molar-refractivity contribution in [2.45, 2.75) is 44.4 Å². The standard InChI is InChI=1S/C18H25N5O2/c1-22(2)10-14-9-15(5-7-19-14)24-16-6-8-23(11-16)12-17-20-18(25-21-17)13-3-4-13/h5,7,9,13,16H,3-4,6,8,10-12H2,1-2H3. The summed E-state index contributed by atoms with van der Waals surface area (Å²) < 4.78 is 11.5. The first-order valence-corrected chi connectivity index (χ1v) is 8.97. The molecule has 7 heteroatoms. The van der Waals surface area contributed by atoms with Crippen LogP contribution in [0, 0.1) is 0 Å². The van der Waals surface area contributed by atoms with Crippen LogP contribution in [-0.2, 0) is 13.1 Å². The summed E-state index contributed by atoms with van der Waals surface area (Å²) in [5.41, 5.74) is 1.02. The van der Waals surface area contributed by atoms with E-state index in [-0.39, 0.29) is 6.10 Å². The molecule has 0 amide bonds. The Morgan fingerprint density at radius 2 is 2.20 bits per heavy atom. The van der Waals surface area contributed by atoms with Gasteiger partial charge in [-0.25, -0.2) is 0 Å². The molecular formula is C18H25N5O2. The van der Waals surface area contributed by atoms with Gasteiger partial charge in [0, 0.05) is 37.8 Å². The van der Waals surface area contributed by atoms with Crippen LogP contribution in [0.1, 0.15) is 42.6 Å². The molecule has 2 aromatic heterocycles. The summed E-state index contributed by atoms with van der Waals surface area (Å²) in [6, 6.07) is 3.96. The fourth-order valence-corrected chi connectivity index (χ4v) is 3.20. The number of hydrogen-bond acceptors (Lipinski definition) is 7. The zero-order valence-electron chi connectivity index (χ0n) is 14.9. The van der Waals surface area contributed by atoms with Crippen LogP contribution in [0.15, 0.2) is 22.9 Å². The molecule has 0 bridgehead atoms. The first kappa shape index (κ1) is 16.5. The summed E-state index contributed by atoms with van der Waals surface area (Å²) >= 11 is 0. The molecule has 25 heavy (non-hydrogen) atoms. The molecule has 0 radical (unpaired) electrons. The Kier molecular flexibility index (Phi) is 4.67. The third-order valence-electron chi connectivity index (χ3n) is 4.57. The van der Waals surface area contributed by atoms with Crippen LogP contribution in [0.3, 0.4) is 0 Å². The maximum Gasteiger partial charge on any atom is 0.229 e. The summed E-state index contributed by atoms with van der Waals surface area (Å²) in [5, 5.41) is 4.11. The lowest BCUT2D eigenvalue weighted by Gasteiger charge is -2.16. The topological polar surface area (TPSA) is 67.5 Å². The molecule has 3 heterocycles. The first-order valence-electron chi connectivity index (χ1n) is 8.97. The SMILES string of the molecule is CN(C)Cc1cc(OC2CCN(Cc3noc(C4CC4)n3)C2)ccn1. The van der Waals surface area contributed by atoms with Crippen LogP contribution in [0.5, 0.6) is 5.75 Å². The number of rotatable bonds is 7. The zero-order valence-corrected chi connectivity index (χ0v) is 14.9. The van der Waals surface area contributed by atoms with Crippen molar-refractivity contribution in [3.8, 4) is 5.75 Å². The Labute approximate surface area is 148 Å². The maximum atomic E-state index is 6.15. The Morgan fingerprint density at radius 1 is 1.32 bits per heavy atom. The third-order valence-corrected chi connectivity index (χ3v) is 4.57. The first-order chi connectivity index (χ1) is 12.2. The van der Waals surface area contributed by atoms with Gasteiger partial charge in [-0.2, -0.15) is 4.98 Å². The van der Waals surface area contributed by atoms with E-state index >= 15 is 0 Å². The van der Waals surface area contributed by atoms with Crippen LogP contribution in [0.25, 0.3) is 0 Å². The molecule has 0 spiro atoms. The van der Waals surface area contributed by atoms with Gasteiger partial charge in [0.1, 0.15) is 11.9 Å². The minimum atomic E-state index is 0.199. The van der Waals surface area contributed by atoms with Crippen LogP contribution < -0.4 is 4.74 Å². The van der Waals surface area contributed by atoms with Gasteiger partial charge in [0.2, 0.25) is 5.89 Å². The van der Waals surface area contributed by atoms with E-state index in [1.54, 1.807) is 0 Å². The highest BCUT2D eigenvalue weighted by Crippen LogP contribution is 2.38. The number of likely N-dealkylation sites (tertiary alicyclic amines) is 1. The van der Waals surface area contributed by atoms with Crippen molar-refractivity contribution in [3.63, 3.8) is 0 Å². The largest absolute Gasteiger partial charge is 0.489 e. The van der Waals surface area contributed by atoms with Crippen molar-refractivity contribution in [2.75, 3.05) is 27.2 Å². The van der Waals surface area contributed by atoms with E-state index < -0.39 is 0 Å². The molecule has 2 fully saturated rings. The van der Waals surface area contributed by atoms with Crippen molar-refractivity contribution in [2.24, 2.45) is 0 Å². The number of ether oxygens (including phenoxy) is 1. The van der Waals surface area contributed by atoms with Gasteiger partial charge in [-0.1, -0.05) is 5.16 Å². The van der Waals surface area contributed by atoms with Crippen LogP contribution >= 0.6 is 0 Å². The number of aromatic nitrogens is 3. The Balaban J connectivity index is 1.29. The minimum Gasteiger partial charge on any atom is -0.489 e. The number of nitrogens with zero attached hydrogens (tertiary/aromatic N) is 5. The molecule has 0 N–H and O–H groups in total. The normalized spacial score (nSPS) is 21.2. The van der Waals surface area contributed by atoms with Crippen molar-refractivity contribution in [1.82, 2.24) is 24.9 Å². The molecule has 7 nitrogen and oxygen atoms in total. The summed E-state index contributed by atoms with van der Waals surface area (Å²) in [5.74, 6) is 3.01. The molecule has 1 unspecified atom stereocenters. The average molecular weight is 343 g/mol. The van der Waals surface area contributed by atoms with Gasteiger partial charge >= 0.3 is 0 Å². The van der Waals surface area contributed by atoms with E-state index in [1.165, 1.54) is 12.8 Å². The average Bonchev–Trinajstić information content (AvgIpc) is 3.17. The molecular weight excluding hydrogens is 318 g/mol. The lowest BCUT2D eigenvalue weighted by atomic mass is 10.3. The second-order valence-electron chi connectivity index (χ2n) is 7.31. The molecule has 2 aromatic rings. The Hall–Kier alpha value is -1.99. The van der Waals surface area contributed by atoms with Crippen molar-refractivity contribution in [1.29, 1.82) is 0 Å². The second kappa shape index (κ2) is 7.09. The summed E-state index contributed by atoms with van der Waals surface area (Å²) in [6.45, 7) is 3.43. The number of hydrogen-bond donors (Lipinski definition) is 0. The third kappa shape index (κ3) is 4.35. The molecule has 1 atom stereocenters. The molecule has 1 saturated heterocycles. The molecule has 1 aliphatic carbocycles. The van der Waals surface area contributed by atoms with Gasteiger partial charge in [0.15, 0.2) is 5.82 Å². The van der Waals surface area contributed by atoms with Crippen molar-refractivity contribution < 1.29 is 9.26 Å². The fourth-order valence-electron chi connectivity index (χ4n) is 3.20. The Bertz CT molecular complexity index is 713. The van der Waals surface area contributed by atoms with E-state index in [1.807, 2.05) is 32.4 Å². The van der Waals surface area contributed by atoms with Crippen molar-refractivity contribution in [3.05, 3.63) is 35.7 Å². The quantitative estimate of drug-likeness (QED) is 0.762. The van der Waals surface area contributed by atoms with Gasteiger partial charge < -0.3 is 14.2 Å². The lowest BCUT2D eigenvalue weighted by Crippen LogP contribution is -2.25. The van der Waals surface area contributed by atoms with Crippen LogP contribution in [0.4, 0.5) is 0 Å². The molecule has 2 aliphatic rings. The molecule has 1 saturated carbocycles. The smallest absolute Gasteiger partial charge is 0.229 e. The summed E-state index contributed by atoms with van der Waals surface area (Å²) in [7, 11) is 4.08. The summed E-state index contributed by atoms with van der Waals surface area (Å²) in [6.07, 6.45) is 5.40. The maximum absolute atomic E-state index is 6.15. The van der Waals surface area contributed by atoms with Gasteiger partial charge in [-0.05, 0) is 39.4 Å². The molecule has 134 valence electrons. The van der Waals surface area contributed by atoms with Gasteiger partial charge in [-0.3, -0.25) is 9.88 Å². The highest BCUT2D eigenvalue weighted by Gasteiger charge is 2.30. The highest BCUT2D eigenvalue weighted by atomic mass is 16.5. The monoisotopic (exact) mass is 343 g/mol. The van der Waals surface area contributed by atoms with E-state index in [4.69, 9.17) is 9.26 Å². The van der Waals surface area contributed by atoms with E-state index in [0.29, 0.717) is 5.92 Å². The van der Waals surface area contributed by atoms with E-state index in [9.17, 15) is 0 Å². The van der Waals surface area contributed by atoms with Gasteiger partial charge in [0.25, 0.3) is 0 Å². The van der Waals surface area contributed by atoms with Crippen molar-refractivity contribution >= 4 is 0 Å². The molecule has 0 aromatic carbocycles. The second-order valence-corrected chi connectivity index (χ2v) is 7.31. The molecule has 1 aliphatic heterocycles. The summed E-state index contributed by atoms with van der Waals surface area (Å²) in [4.78, 5) is 13.3. The van der Waals surface area contributed by atoms with E-state index in [2.05, 4.69) is 24.9 Å². The van der Waals surface area contributed by atoms with Crippen LogP contribution in [-0.4, -0.2) is 58.2 Å². The predicted octanol–water partition coefficient (Wildman–Crippen LogP) is 2.06. The van der Waals surface area contributed by atoms with Gasteiger partial charge in [0.05, 0.1) is 12.2 Å². The highest BCUT2D eigenvalue weighted by molar-refractivity contribution is 5.23. The van der Waals surface area contributed by atoms with E-state index in [0.717, 1.165) is 55.8 Å². The van der Waals surface area contributed by atoms with Crippen LogP contribution in [0.2, 0.25) is 0 Å². The molecule has 4 rings (SSSR count). The minimum absolute atomic E-state index is 0.199.